The van der Waals surface area contributed by atoms with Crippen molar-refractivity contribution < 1.29 is 19.3 Å². The maximum Gasteiger partial charge on any atom is 0.163 e. The highest BCUT2D eigenvalue weighted by Gasteiger charge is 2.11. The number of rotatable bonds is 8. The van der Waals surface area contributed by atoms with Gasteiger partial charge in [-0.2, -0.15) is 0 Å². The summed E-state index contributed by atoms with van der Waals surface area (Å²) in [5, 5.41) is 9.83. The van der Waals surface area contributed by atoms with Gasteiger partial charge < -0.3 is 19.3 Å². The molecule has 0 bridgehead atoms. The Hall–Kier alpha value is -3.14. The second kappa shape index (κ2) is 8.99. The monoisotopic (exact) mass is 364 g/mol. The Morgan fingerprint density at radius 2 is 1.89 bits per heavy atom. The maximum atomic E-state index is 9.03. The van der Waals surface area contributed by atoms with Crippen molar-refractivity contribution in [3.8, 4) is 35.2 Å². The van der Waals surface area contributed by atoms with E-state index in [0.29, 0.717) is 30.5 Å². The third-order valence-corrected chi connectivity index (χ3v) is 3.83. The van der Waals surface area contributed by atoms with Gasteiger partial charge in [0.15, 0.2) is 17.3 Å². The number of aromatic nitrogens is 2. The standard InChI is InChI=1S/C21H20N2O4/c1-3-15-5-4-6-16(11-15)21-22-14-17-12-19(26-8-7-24)20(13-18(17)23-21)27-10-9-25-2/h1,4-6,11-14,24H,7-10H2,2H3. The van der Waals surface area contributed by atoms with E-state index in [1.54, 1.807) is 25.4 Å². The zero-order valence-corrected chi connectivity index (χ0v) is 15.0. The second-order valence-corrected chi connectivity index (χ2v) is 5.69. The normalized spacial score (nSPS) is 10.6. The number of methoxy groups -OCH3 is 1. The van der Waals surface area contributed by atoms with Crippen LogP contribution in [0.25, 0.3) is 22.3 Å². The third-order valence-electron chi connectivity index (χ3n) is 3.83. The summed E-state index contributed by atoms with van der Waals surface area (Å²) in [5.74, 6) is 4.25. The SMILES string of the molecule is C#Cc1cccc(-c2ncc3cc(OCCO)c(OCCOC)cc3n2)c1. The number of ether oxygens (including phenoxy) is 3. The van der Waals surface area contributed by atoms with Gasteiger partial charge in [0.2, 0.25) is 0 Å². The highest BCUT2D eigenvalue weighted by atomic mass is 16.5. The van der Waals surface area contributed by atoms with Crippen LogP contribution in [0.15, 0.2) is 42.6 Å². The van der Waals surface area contributed by atoms with E-state index in [0.717, 1.165) is 22.0 Å². The highest BCUT2D eigenvalue weighted by Crippen LogP contribution is 2.32. The molecule has 0 spiro atoms. The topological polar surface area (TPSA) is 73.7 Å². The first-order chi connectivity index (χ1) is 13.2. The number of terminal acetylenes is 1. The lowest BCUT2D eigenvalue weighted by atomic mass is 10.1. The van der Waals surface area contributed by atoms with Crippen LogP contribution in [0.1, 0.15) is 5.56 Å². The first-order valence-corrected chi connectivity index (χ1v) is 8.48. The van der Waals surface area contributed by atoms with E-state index in [2.05, 4.69) is 15.9 Å². The molecule has 1 N–H and O–H groups in total. The summed E-state index contributed by atoms with van der Waals surface area (Å²) in [7, 11) is 1.61. The van der Waals surface area contributed by atoms with Crippen LogP contribution in [0, 0.1) is 12.3 Å². The largest absolute Gasteiger partial charge is 0.487 e. The second-order valence-electron chi connectivity index (χ2n) is 5.69. The maximum absolute atomic E-state index is 9.03. The zero-order valence-electron chi connectivity index (χ0n) is 15.0. The fourth-order valence-corrected chi connectivity index (χ4v) is 2.54. The first kappa shape index (κ1) is 18.6. The van der Waals surface area contributed by atoms with Gasteiger partial charge in [0.1, 0.15) is 13.2 Å². The summed E-state index contributed by atoms with van der Waals surface area (Å²) in [6, 6.07) is 11.1. The summed E-state index contributed by atoms with van der Waals surface area (Å²) in [4.78, 5) is 9.07. The molecule has 3 aromatic rings. The Labute approximate surface area is 157 Å². The Balaban J connectivity index is 2.00. The summed E-state index contributed by atoms with van der Waals surface area (Å²) in [5.41, 5.74) is 2.33. The molecule has 0 saturated heterocycles. The van der Waals surface area contributed by atoms with Crippen LogP contribution in [0.3, 0.4) is 0 Å². The van der Waals surface area contributed by atoms with Gasteiger partial charge in [-0.3, -0.25) is 0 Å². The molecule has 2 aromatic carbocycles. The van der Waals surface area contributed by atoms with Crippen LogP contribution in [0.4, 0.5) is 0 Å². The van der Waals surface area contributed by atoms with Crippen molar-refractivity contribution in [2.24, 2.45) is 0 Å². The van der Waals surface area contributed by atoms with Crippen molar-refractivity contribution in [2.45, 2.75) is 0 Å². The van der Waals surface area contributed by atoms with E-state index in [4.69, 9.17) is 25.7 Å². The number of aliphatic hydroxyl groups excluding tert-OH is 1. The summed E-state index contributed by atoms with van der Waals surface area (Å²) in [6.45, 7) is 0.908. The van der Waals surface area contributed by atoms with E-state index >= 15 is 0 Å². The van der Waals surface area contributed by atoms with Crippen molar-refractivity contribution in [3.05, 3.63) is 48.2 Å². The smallest absolute Gasteiger partial charge is 0.163 e. The predicted molar refractivity (Wildman–Crippen MR) is 103 cm³/mol. The Morgan fingerprint density at radius 3 is 2.67 bits per heavy atom. The number of hydrogen-bond acceptors (Lipinski definition) is 6. The van der Waals surface area contributed by atoms with Crippen LogP contribution in [-0.4, -0.2) is 48.6 Å². The molecule has 0 aliphatic rings. The molecule has 0 radical (unpaired) electrons. The molecule has 6 nitrogen and oxygen atoms in total. The minimum atomic E-state index is -0.0868. The van der Waals surface area contributed by atoms with Gasteiger partial charge in [-0.15, -0.1) is 6.42 Å². The lowest BCUT2D eigenvalue weighted by Crippen LogP contribution is -2.08. The minimum Gasteiger partial charge on any atom is -0.487 e. The van der Waals surface area contributed by atoms with Gasteiger partial charge in [0.05, 0.1) is 18.7 Å². The Bertz CT molecular complexity index is 966. The fourth-order valence-electron chi connectivity index (χ4n) is 2.54. The molecule has 1 heterocycles. The number of fused-ring (bicyclic) bond motifs is 1. The predicted octanol–water partition coefficient (Wildman–Crippen LogP) is 2.67. The van der Waals surface area contributed by atoms with Crippen LogP contribution >= 0.6 is 0 Å². The molecular weight excluding hydrogens is 344 g/mol. The van der Waals surface area contributed by atoms with E-state index in [-0.39, 0.29) is 13.2 Å². The average molecular weight is 364 g/mol. The van der Waals surface area contributed by atoms with Gasteiger partial charge in [0.25, 0.3) is 0 Å². The van der Waals surface area contributed by atoms with Crippen molar-refractivity contribution in [3.63, 3.8) is 0 Å². The molecule has 0 fully saturated rings. The summed E-state index contributed by atoms with van der Waals surface area (Å²) in [6.07, 6.45) is 7.20. The van der Waals surface area contributed by atoms with E-state index < -0.39 is 0 Å². The van der Waals surface area contributed by atoms with Gasteiger partial charge >= 0.3 is 0 Å². The molecule has 3 rings (SSSR count). The highest BCUT2D eigenvalue weighted by molar-refractivity contribution is 5.83. The lowest BCUT2D eigenvalue weighted by Gasteiger charge is -2.13. The lowest BCUT2D eigenvalue weighted by molar-refractivity contribution is 0.141. The number of benzene rings is 2. The van der Waals surface area contributed by atoms with Crippen molar-refractivity contribution >= 4 is 10.9 Å². The molecule has 6 heteroatoms. The molecule has 0 amide bonds. The van der Waals surface area contributed by atoms with Crippen molar-refractivity contribution in [1.82, 2.24) is 9.97 Å². The van der Waals surface area contributed by atoms with E-state index in [1.807, 2.05) is 24.3 Å². The molecule has 0 unspecified atom stereocenters. The molecule has 0 saturated carbocycles. The molecule has 0 aliphatic carbocycles. The average Bonchev–Trinajstić information content (AvgIpc) is 2.72. The van der Waals surface area contributed by atoms with Crippen LogP contribution in [0.5, 0.6) is 11.5 Å². The minimum absolute atomic E-state index is 0.0868. The molecule has 0 atom stereocenters. The van der Waals surface area contributed by atoms with Gasteiger partial charge in [-0.05, 0) is 18.2 Å². The molecule has 27 heavy (non-hydrogen) atoms. The molecule has 1 aromatic heterocycles. The van der Waals surface area contributed by atoms with Crippen molar-refractivity contribution in [2.75, 3.05) is 33.5 Å². The van der Waals surface area contributed by atoms with Gasteiger partial charge in [-0.1, -0.05) is 18.1 Å². The molecule has 138 valence electrons. The van der Waals surface area contributed by atoms with Crippen molar-refractivity contribution in [1.29, 1.82) is 0 Å². The summed E-state index contributed by atoms with van der Waals surface area (Å²) >= 11 is 0. The number of aliphatic hydroxyl groups is 1. The Morgan fingerprint density at radius 1 is 1.07 bits per heavy atom. The van der Waals surface area contributed by atoms with Crippen LogP contribution < -0.4 is 9.47 Å². The molecular formula is C21H20N2O4. The quantitative estimate of drug-likeness (QED) is 0.489. The number of hydrogen-bond donors (Lipinski definition) is 1. The number of nitrogens with zero attached hydrogens (tertiary/aromatic N) is 2. The van der Waals surface area contributed by atoms with Gasteiger partial charge in [-0.25, -0.2) is 9.97 Å². The van der Waals surface area contributed by atoms with E-state index in [1.165, 1.54) is 0 Å². The van der Waals surface area contributed by atoms with Crippen LogP contribution in [0.2, 0.25) is 0 Å². The van der Waals surface area contributed by atoms with Crippen LogP contribution in [-0.2, 0) is 4.74 Å². The zero-order chi connectivity index (χ0) is 19.1. The fraction of sp³-hybridized carbons (Fsp3) is 0.238. The first-order valence-electron chi connectivity index (χ1n) is 8.48. The Kier molecular flexibility index (Phi) is 6.21. The van der Waals surface area contributed by atoms with Gasteiger partial charge in [0, 0.05) is 35.9 Å². The molecule has 0 aliphatic heterocycles. The summed E-state index contributed by atoms with van der Waals surface area (Å²) < 4.78 is 16.3. The van der Waals surface area contributed by atoms with E-state index in [9.17, 15) is 0 Å². The third kappa shape index (κ3) is 4.53.